The molecule has 0 aliphatic heterocycles. The van der Waals surface area contributed by atoms with Crippen LogP contribution in [0, 0.1) is 6.92 Å². The Kier molecular flexibility index (Phi) is 4.62. The van der Waals surface area contributed by atoms with Crippen LogP contribution in [-0.2, 0) is 7.05 Å². The topological polar surface area (TPSA) is 81.5 Å². The van der Waals surface area contributed by atoms with Gasteiger partial charge in [0.2, 0.25) is 0 Å². The summed E-state index contributed by atoms with van der Waals surface area (Å²) in [5.41, 5.74) is 8.67. The summed E-state index contributed by atoms with van der Waals surface area (Å²) in [7, 11) is 3.61. The average Bonchev–Trinajstić information content (AvgIpc) is 3.51. The molecule has 0 atom stereocenters. The standard InChI is InChI=1S/C27H22N6O/c1-16-9-10-18(21-13-30-31-25(16)21)19-11-20-23(12-24(19)34-3)28-15-29-27(20)22-14-33(2)32-26(22)17-7-5-4-6-8-17/h4-15H,1-3H3,(H,30,31). The molecule has 0 fully saturated rings. The van der Waals surface area contributed by atoms with Crippen molar-refractivity contribution in [2.24, 2.45) is 7.05 Å². The van der Waals surface area contributed by atoms with Crippen LogP contribution in [0.15, 0.2) is 73.3 Å². The summed E-state index contributed by atoms with van der Waals surface area (Å²) < 4.78 is 7.62. The number of hydrogen-bond donors (Lipinski definition) is 1. The molecule has 0 saturated carbocycles. The number of benzene rings is 3. The second-order valence-corrected chi connectivity index (χ2v) is 8.31. The molecule has 0 bridgehead atoms. The Morgan fingerprint density at radius 1 is 0.882 bits per heavy atom. The van der Waals surface area contributed by atoms with Gasteiger partial charge in [-0.15, -0.1) is 0 Å². The molecule has 7 nitrogen and oxygen atoms in total. The SMILES string of the molecule is COc1cc2ncnc(-c3cn(C)nc3-c3ccccc3)c2cc1-c1ccc(C)c2[nH]ncc12. The van der Waals surface area contributed by atoms with Gasteiger partial charge >= 0.3 is 0 Å². The van der Waals surface area contributed by atoms with Gasteiger partial charge in [-0.25, -0.2) is 9.97 Å². The van der Waals surface area contributed by atoms with Crippen LogP contribution in [0.25, 0.3) is 55.4 Å². The molecule has 7 heteroatoms. The highest BCUT2D eigenvalue weighted by Crippen LogP contribution is 2.41. The van der Waals surface area contributed by atoms with E-state index >= 15 is 0 Å². The number of hydrogen-bond acceptors (Lipinski definition) is 5. The minimum Gasteiger partial charge on any atom is -0.496 e. The largest absolute Gasteiger partial charge is 0.496 e. The van der Waals surface area contributed by atoms with Crippen molar-refractivity contribution in [2.45, 2.75) is 6.92 Å². The molecule has 3 aromatic carbocycles. The highest BCUT2D eigenvalue weighted by Gasteiger charge is 2.19. The van der Waals surface area contributed by atoms with Crippen molar-refractivity contribution >= 4 is 21.8 Å². The van der Waals surface area contributed by atoms with Crippen LogP contribution in [0.5, 0.6) is 5.75 Å². The van der Waals surface area contributed by atoms with Gasteiger partial charge in [-0.05, 0) is 24.1 Å². The fraction of sp³-hybridized carbons (Fsp3) is 0.111. The van der Waals surface area contributed by atoms with Crippen LogP contribution in [0.1, 0.15) is 5.56 Å². The van der Waals surface area contributed by atoms with E-state index in [-0.39, 0.29) is 0 Å². The summed E-state index contributed by atoms with van der Waals surface area (Å²) in [6, 6.07) is 18.4. The summed E-state index contributed by atoms with van der Waals surface area (Å²) in [5, 5.41) is 14.1. The molecule has 34 heavy (non-hydrogen) atoms. The number of H-pyrrole nitrogens is 1. The smallest absolute Gasteiger partial charge is 0.128 e. The summed E-state index contributed by atoms with van der Waals surface area (Å²) in [6.07, 6.45) is 5.46. The van der Waals surface area contributed by atoms with E-state index in [2.05, 4.69) is 52.4 Å². The van der Waals surface area contributed by atoms with Gasteiger partial charge in [0.15, 0.2) is 0 Å². The maximum absolute atomic E-state index is 5.80. The molecule has 0 unspecified atom stereocenters. The lowest BCUT2D eigenvalue weighted by molar-refractivity contribution is 0.417. The van der Waals surface area contributed by atoms with Crippen molar-refractivity contribution in [3.8, 4) is 39.4 Å². The molecule has 0 amide bonds. The number of ether oxygens (including phenoxy) is 1. The predicted molar refractivity (Wildman–Crippen MR) is 134 cm³/mol. The zero-order valence-corrected chi connectivity index (χ0v) is 19.1. The normalized spacial score (nSPS) is 11.4. The summed E-state index contributed by atoms with van der Waals surface area (Å²) in [6.45, 7) is 2.07. The van der Waals surface area contributed by atoms with Crippen molar-refractivity contribution in [1.29, 1.82) is 0 Å². The van der Waals surface area contributed by atoms with Gasteiger partial charge in [0.05, 0.1) is 30.0 Å². The number of aromatic amines is 1. The zero-order chi connectivity index (χ0) is 23.2. The highest BCUT2D eigenvalue weighted by molar-refractivity contribution is 6.03. The number of aryl methyl sites for hydroxylation is 2. The molecule has 166 valence electrons. The Morgan fingerprint density at radius 2 is 1.74 bits per heavy atom. The van der Waals surface area contributed by atoms with Crippen molar-refractivity contribution in [1.82, 2.24) is 29.9 Å². The second kappa shape index (κ2) is 7.81. The summed E-state index contributed by atoms with van der Waals surface area (Å²) in [5.74, 6) is 0.748. The third-order valence-corrected chi connectivity index (χ3v) is 6.20. The molecule has 0 aliphatic carbocycles. The lowest BCUT2D eigenvalue weighted by Crippen LogP contribution is -1.94. The molecule has 3 aromatic heterocycles. The number of fused-ring (bicyclic) bond motifs is 2. The van der Waals surface area contributed by atoms with E-state index < -0.39 is 0 Å². The van der Waals surface area contributed by atoms with Crippen molar-refractivity contribution < 1.29 is 4.74 Å². The van der Waals surface area contributed by atoms with Gasteiger partial charge in [0.25, 0.3) is 0 Å². The average molecular weight is 447 g/mol. The zero-order valence-electron chi connectivity index (χ0n) is 19.1. The number of rotatable bonds is 4. The first-order chi connectivity index (χ1) is 16.6. The van der Waals surface area contributed by atoms with E-state index in [1.165, 1.54) is 0 Å². The molecule has 6 rings (SSSR count). The van der Waals surface area contributed by atoms with E-state index in [1.807, 2.05) is 48.4 Å². The quantitative estimate of drug-likeness (QED) is 0.384. The summed E-state index contributed by atoms with van der Waals surface area (Å²) in [4.78, 5) is 9.26. The molecule has 0 saturated heterocycles. The first-order valence-corrected chi connectivity index (χ1v) is 11.0. The summed E-state index contributed by atoms with van der Waals surface area (Å²) >= 11 is 0. The van der Waals surface area contributed by atoms with Gasteiger partial charge in [0, 0.05) is 46.8 Å². The fourth-order valence-corrected chi connectivity index (χ4v) is 4.56. The molecule has 6 aromatic rings. The maximum atomic E-state index is 5.80. The molecule has 0 spiro atoms. The molecule has 0 aliphatic rings. The minimum atomic E-state index is 0.748. The number of nitrogens with one attached hydrogen (secondary N) is 1. The van der Waals surface area contributed by atoms with E-state index in [1.54, 1.807) is 13.4 Å². The predicted octanol–water partition coefficient (Wildman–Crippen LogP) is 5.56. The maximum Gasteiger partial charge on any atom is 0.128 e. The third kappa shape index (κ3) is 3.13. The number of methoxy groups -OCH3 is 1. The van der Waals surface area contributed by atoms with Crippen molar-refractivity contribution in [2.75, 3.05) is 7.11 Å². The highest BCUT2D eigenvalue weighted by atomic mass is 16.5. The van der Waals surface area contributed by atoms with E-state index in [9.17, 15) is 0 Å². The molecular weight excluding hydrogens is 424 g/mol. The van der Waals surface area contributed by atoms with Crippen LogP contribution in [0.3, 0.4) is 0 Å². The van der Waals surface area contributed by atoms with Gasteiger partial charge in [0.1, 0.15) is 17.8 Å². The molecule has 3 heterocycles. The monoisotopic (exact) mass is 446 g/mol. The van der Waals surface area contributed by atoms with Crippen molar-refractivity contribution in [3.63, 3.8) is 0 Å². The lowest BCUT2D eigenvalue weighted by Gasteiger charge is -2.13. The second-order valence-electron chi connectivity index (χ2n) is 8.31. The van der Waals surface area contributed by atoms with E-state index in [0.29, 0.717) is 0 Å². The van der Waals surface area contributed by atoms with Crippen LogP contribution < -0.4 is 4.74 Å². The fourth-order valence-electron chi connectivity index (χ4n) is 4.56. The van der Waals surface area contributed by atoms with Crippen LogP contribution in [-0.4, -0.2) is 37.1 Å². The lowest BCUT2D eigenvalue weighted by atomic mass is 9.95. The van der Waals surface area contributed by atoms with Crippen LogP contribution >= 0.6 is 0 Å². The Morgan fingerprint density at radius 3 is 2.56 bits per heavy atom. The number of nitrogens with zero attached hydrogens (tertiary/aromatic N) is 5. The number of aromatic nitrogens is 6. The van der Waals surface area contributed by atoms with Gasteiger partial charge < -0.3 is 4.74 Å². The Bertz CT molecular complexity index is 1670. The first kappa shape index (κ1) is 20.1. The van der Waals surface area contributed by atoms with Gasteiger partial charge in [-0.3, -0.25) is 9.78 Å². The Labute approximate surface area is 196 Å². The Balaban J connectivity index is 1.64. The van der Waals surface area contributed by atoms with Gasteiger partial charge in [-0.2, -0.15) is 10.2 Å². The van der Waals surface area contributed by atoms with Crippen molar-refractivity contribution in [3.05, 3.63) is 78.9 Å². The van der Waals surface area contributed by atoms with Crippen LogP contribution in [0.4, 0.5) is 0 Å². The third-order valence-electron chi connectivity index (χ3n) is 6.20. The minimum absolute atomic E-state index is 0.748. The van der Waals surface area contributed by atoms with E-state index in [4.69, 9.17) is 14.8 Å². The first-order valence-electron chi connectivity index (χ1n) is 11.0. The van der Waals surface area contributed by atoms with Gasteiger partial charge in [-0.1, -0.05) is 42.5 Å². The molecule has 1 N–H and O–H groups in total. The molecular formula is C27H22N6O. The van der Waals surface area contributed by atoms with E-state index in [0.717, 1.165) is 66.8 Å². The van der Waals surface area contributed by atoms with Crippen LogP contribution in [0.2, 0.25) is 0 Å². The molecule has 0 radical (unpaired) electrons. The Hall–Kier alpha value is -4.52.